The van der Waals surface area contributed by atoms with Gasteiger partial charge in [0, 0.05) is 19.1 Å². The van der Waals surface area contributed by atoms with Crippen molar-refractivity contribution in [1.29, 1.82) is 0 Å². The van der Waals surface area contributed by atoms with Crippen molar-refractivity contribution < 1.29 is 9.53 Å². The van der Waals surface area contributed by atoms with Gasteiger partial charge in [-0.2, -0.15) is 0 Å². The van der Waals surface area contributed by atoms with Crippen LogP contribution in [0.3, 0.4) is 0 Å². The molecule has 28 heavy (non-hydrogen) atoms. The number of nitrogens with zero attached hydrogens (tertiary/aromatic N) is 4. The number of carbonyl (C=O) groups is 1. The second kappa shape index (κ2) is 9.45. The van der Waals surface area contributed by atoms with Crippen LogP contribution in [0.4, 0.5) is 0 Å². The van der Waals surface area contributed by atoms with Crippen LogP contribution in [-0.4, -0.2) is 50.5 Å². The smallest absolute Gasteiger partial charge is 0.236 e. The van der Waals surface area contributed by atoms with Crippen LogP contribution >= 0.6 is 11.8 Å². The highest BCUT2D eigenvalue weighted by atomic mass is 32.2. The molecule has 3 rings (SSSR count). The Morgan fingerprint density at radius 2 is 2.07 bits per heavy atom. The minimum atomic E-state index is -0.188. The predicted octanol–water partition coefficient (Wildman–Crippen LogP) is 4.25. The third-order valence-electron chi connectivity index (χ3n) is 5.39. The summed E-state index contributed by atoms with van der Waals surface area (Å²) >= 11 is 1.50. The largest absolute Gasteiger partial charge is 0.496 e. The summed E-state index contributed by atoms with van der Waals surface area (Å²) < 4.78 is 7.54. The molecule has 152 valence electrons. The molecule has 0 bridgehead atoms. The van der Waals surface area contributed by atoms with E-state index in [-0.39, 0.29) is 11.2 Å². The molecular formula is C21H30N4O2S. The summed E-state index contributed by atoms with van der Waals surface area (Å²) in [6.07, 6.45) is 4.45. The van der Waals surface area contributed by atoms with Crippen molar-refractivity contribution >= 4 is 17.7 Å². The molecule has 0 aliphatic carbocycles. The van der Waals surface area contributed by atoms with Gasteiger partial charge in [0.2, 0.25) is 5.91 Å². The zero-order valence-corrected chi connectivity index (χ0v) is 18.0. The van der Waals surface area contributed by atoms with E-state index in [0.717, 1.165) is 54.6 Å². The Hall–Kier alpha value is -2.02. The van der Waals surface area contributed by atoms with Gasteiger partial charge in [0.1, 0.15) is 5.75 Å². The van der Waals surface area contributed by atoms with Gasteiger partial charge in [-0.15, -0.1) is 10.2 Å². The number of aromatic nitrogens is 3. The summed E-state index contributed by atoms with van der Waals surface area (Å²) in [7, 11) is 1.66. The molecule has 7 heteroatoms. The van der Waals surface area contributed by atoms with Gasteiger partial charge in [-0.3, -0.25) is 4.79 Å². The number of ether oxygens (including phenoxy) is 1. The average Bonchev–Trinajstić information content (AvgIpc) is 3.15. The number of carbonyl (C=O) groups excluding carboxylic acids is 1. The molecule has 1 amide bonds. The number of methoxy groups -OCH3 is 1. The normalized spacial score (nSPS) is 18.1. The van der Waals surface area contributed by atoms with Gasteiger partial charge in [-0.05, 0) is 51.7 Å². The second-order valence-electron chi connectivity index (χ2n) is 7.10. The Kier molecular flexibility index (Phi) is 6.99. The first-order valence-electron chi connectivity index (χ1n) is 10.1. The lowest BCUT2D eigenvalue weighted by Crippen LogP contribution is -2.46. The highest BCUT2D eigenvalue weighted by Gasteiger charge is 2.30. The summed E-state index contributed by atoms with van der Waals surface area (Å²) in [6.45, 7) is 7.81. The molecule has 2 unspecified atom stereocenters. The summed E-state index contributed by atoms with van der Waals surface area (Å²) in [5, 5.41) is 9.39. The van der Waals surface area contributed by atoms with Crippen LogP contribution < -0.4 is 4.74 Å². The SMILES string of the molecule is CCC1CCCCN1C(=O)C(C)Sc1nnc(-c2ccccc2OC)n1CC. The molecule has 1 aliphatic rings. The van der Waals surface area contributed by atoms with Crippen molar-refractivity contribution in [2.24, 2.45) is 0 Å². The third-order valence-corrected chi connectivity index (χ3v) is 6.46. The highest BCUT2D eigenvalue weighted by molar-refractivity contribution is 8.00. The number of amides is 1. The van der Waals surface area contributed by atoms with E-state index in [1.54, 1.807) is 7.11 Å². The first kappa shape index (κ1) is 20.7. The Morgan fingerprint density at radius 3 is 2.79 bits per heavy atom. The van der Waals surface area contributed by atoms with E-state index in [0.29, 0.717) is 6.04 Å². The maximum atomic E-state index is 13.1. The fourth-order valence-electron chi connectivity index (χ4n) is 3.85. The van der Waals surface area contributed by atoms with Crippen LogP contribution in [0.25, 0.3) is 11.4 Å². The number of hydrogen-bond donors (Lipinski definition) is 0. The Balaban J connectivity index is 1.81. The number of hydrogen-bond acceptors (Lipinski definition) is 5. The average molecular weight is 403 g/mol. The molecule has 0 spiro atoms. The van der Waals surface area contributed by atoms with Gasteiger partial charge in [0.15, 0.2) is 11.0 Å². The molecule has 0 radical (unpaired) electrons. The van der Waals surface area contributed by atoms with Crippen LogP contribution in [0.5, 0.6) is 5.75 Å². The van der Waals surface area contributed by atoms with Crippen LogP contribution in [0.1, 0.15) is 46.5 Å². The van der Waals surface area contributed by atoms with Crippen molar-refractivity contribution in [3.63, 3.8) is 0 Å². The summed E-state index contributed by atoms with van der Waals surface area (Å²) in [5.41, 5.74) is 0.909. The van der Waals surface area contributed by atoms with E-state index in [1.807, 2.05) is 31.2 Å². The topological polar surface area (TPSA) is 60.3 Å². The maximum absolute atomic E-state index is 13.1. The maximum Gasteiger partial charge on any atom is 0.236 e. The fraction of sp³-hybridized carbons (Fsp3) is 0.571. The lowest BCUT2D eigenvalue weighted by atomic mass is 10.00. The third kappa shape index (κ3) is 4.19. The van der Waals surface area contributed by atoms with E-state index >= 15 is 0 Å². The predicted molar refractivity (Wildman–Crippen MR) is 113 cm³/mol. The molecule has 1 aromatic heterocycles. The van der Waals surface area contributed by atoms with Crippen LogP contribution in [0, 0.1) is 0 Å². The summed E-state index contributed by atoms with van der Waals surface area (Å²) in [4.78, 5) is 15.2. The number of piperidine rings is 1. The summed E-state index contributed by atoms with van der Waals surface area (Å²) in [5.74, 6) is 1.75. The second-order valence-corrected chi connectivity index (χ2v) is 8.41. The molecule has 2 aromatic rings. The molecule has 6 nitrogen and oxygen atoms in total. The van der Waals surface area contributed by atoms with E-state index < -0.39 is 0 Å². The highest BCUT2D eigenvalue weighted by Crippen LogP contribution is 2.33. The molecule has 1 aromatic carbocycles. The van der Waals surface area contributed by atoms with Crippen molar-refractivity contribution in [3.8, 4) is 17.1 Å². The fourth-order valence-corrected chi connectivity index (χ4v) is 4.83. The first-order valence-corrected chi connectivity index (χ1v) is 11.0. The van der Waals surface area contributed by atoms with Gasteiger partial charge in [0.05, 0.1) is 17.9 Å². The lowest BCUT2D eigenvalue weighted by molar-refractivity contribution is -0.134. The Bertz CT molecular complexity index is 807. The van der Waals surface area contributed by atoms with E-state index in [4.69, 9.17) is 4.74 Å². The Morgan fingerprint density at radius 1 is 1.29 bits per heavy atom. The van der Waals surface area contributed by atoms with Crippen molar-refractivity contribution in [2.45, 2.75) is 69.4 Å². The number of rotatable bonds is 7. The molecule has 0 saturated carbocycles. The Labute approximate surface area is 171 Å². The molecule has 1 fully saturated rings. The first-order chi connectivity index (χ1) is 13.6. The van der Waals surface area contributed by atoms with Crippen LogP contribution in [0.15, 0.2) is 29.4 Å². The van der Waals surface area contributed by atoms with Crippen molar-refractivity contribution in [3.05, 3.63) is 24.3 Å². The number of para-hydroxylation sites is 1. The van der Waals surface area contributed by atoms with E-state index in [1.165, 1.54) is 18.2 Å². The lowest BCUT2D eigenvalue weighted by Gasteiger charge is -2.36. The van der Waals surface area contributed by atoms with E-state index in [2.05, 4.69) is 33.5 Å². The van der Waals surface area contributed by atoms with Crippen molar-refractivity contribution in [1.82, 2.24) is 19.7 Å². The molecule has 1 aliphatic heterocycles. The van der Waals surface area contributed by atoms with Gasteiger partial charge in [-0.1, -0.05) is 30.8 Å². The monoisotopic (exact) mass is 402 g/mol. The molecule has 2 atom stereocenters. The number of thioether (sulfide) groups is 1. The van der Waals surface area contributed by atoms with Gasteiger partial charge in [-0.25, -0.2) is 0 Å². The minimum absolute atomic E-state index is 0.188. The molecule has 2 heterocycles. The van der Waals surface area contributed by atoms with Crippen LogP contribution in [0.2, 0.25) is 0 Å². The number of benzene rings is 1. The molecule has 1 saturated heterocycles. The minimum Gasteiger partial charge on any atom is -0.496 e. The van der Waals surface area contributed by atoms with Gasteiger partial charge in [0.25, 0.3) is 0 Å². The number of likely N-dealkylation sites (tertiary alicyclic amines) is 1. The molecule has 0 N–H and O–H groups in total. The van der Waals surface area contributed by atoms with Crippen LogP contribution in [-0.2, 0) is 11.3 Å². The van der Waals surface area contributed by atoms with Gasteiger partial charge >= 0.3 is 0 Å². The quantitative estimate of drug-likeness (QED) is 0.648. The zero-order valence-electron chi connectivity index (χ0n) is 17.2. The van der Waals surface area contributed by atoms with E-state index in [9.17, 15) is 4.79 Å². The standard InChI is InChI=1S/C21H30N4O2S/c1-5-16-11-9-10-14-25(16)20(26)15(3)28-21-23-22-19(24(21)6-2)17-12-7-8-13-18(17)27-4/h7-8,12-13,15-16H,5-6,9-11,14H2,1-4H3. The molecular weight excluding hydrogens is 372 g/mol. The summed E-state index contributed by atoms with van der Waals surface area (Å²) in [6, 6.07) is 8.18. The zero-order chi connectivity index (χ0) is 20.1. The van der Waals surface area contributed by atoms with Gasteiger partial charge < -0.3 is 14.2 Å². The van der Waals surface area contributed by atoms with Crippen molar-refractivity contribution in [2.75, 3.05) is 13.7 Å².